The highest BCUT2D eigenvalue weighted by molar-refractivity contribution is 7.88. The molecule has 0 atom stereocenters. The van der Waals surface area contributed by atoms with Crippen molar-refractivity contribution in [2.75, 3.05) is 11.6 Å². The van der Waals surface area contributed by atoms with Gasteiger partial charge in [-0.05, 0) is 23.3 Å². The lowest BCUT2D eigenvalue weighted by Gasteiger charge is -2.14. The van der Waals surface area contributed by atoms with Crippen molar-refractivity contribution in [1.29, 1.82) is 0 Å². The van der Waals surface area contributed by atoms with E-state index in [1.165, 1.54) is 5.56 Å². The fourth-order valence-corrected chi connectivity index (χ4v) is 3.57. The maximum absolute atomic E-state index is 11.3. The second kappa shape index (κ2) is 5.75. The molecule has 3 aromatic rings. The average Bonchev–Trinajstić information content (AvgIpc) is 3.16. The number of aryl methyl sites for hydroxylation is 1. The van der Waals surface area contributed by atoms with Crippen molar-refractivity contribution < 1.29 is 8.42 Å². The number of aromatic amines is 1. The minimum Gasteiger partial charge on any atom is -0.367 e. The summed E-state index contributed by atoms with van der Waals surface area (Å²) in [5.41, 5.74) is 6.28. The van der Waals surface area contributed by atoms with Gasteiger partial charge < -0.3 is 10.3 Å². The van der Waals surface area contributed by atoms with E-state index in [2.05, 4.69) is 26.2 Å². The molecule has 0 spiro atoms. The van der Waals surface area contributed by atoms with Crippen LogP contribution in [-0.4, -0.2) is 29.4 Å². The van der Waals surface area contributed by atoms with E-state index >= 15 is 0 Å². The molecule has 0 amide bonds. The Hall–Kier alpha value is -2.58. The Bertz CT molecular complexity index is 1050. The SMILES string of the molecule is Cn1ncc2c1-c1cc(-c3cccc(CNS(C)(=O)=O)c3)[nH]c1NC2. The molecule has 25 heavy (non-hydrogen) atoms. The van der Waals surface area contributed by atoms with Gasteiger partial charge in [-0.25, -0.2) is 13.1 Å². The first-order valence-corrected chi connectivity index (χ1v) is 9.82. The fraction of sp³-hybridized carbons (Fsp3) is 0.235. The number of hydrogen-bond donors (Lipinski definition) is 3. The zero-order valence-electron chi connectivity index (χ0n) is 14.0. The average molecular weight is 357 g/mol. The van der Waals surface area contributed by atoms with Crippen molar-refractivity contribution in [1.82, 2.24) is 19.5 Å². The Morgan fingerprint density at radius 2 is 2.16 bits per heavy atom. The molecule has 0 fully saturated rings. The summed E-state index contributed by atoms with van der Waals surface area (Å²) in [5.74, 6) is 0.978. The number of sulfonamides is 1. The Labute approximate surface area is 146 Å². The molecular weight excluding hydrogens is 338 g/mol. The zero-order valence-corrected chi connectivity index (χ0v) is 14.8. The quantitative estimate of drug-likeness (QED) is 0.666. The fourth-order valence-electron chi connectivity index (χ4n) is 3.14. The maximum Gasteiger partial charge on any atom is 0.209 e. The highest BCUT2D eigenvalue weighted by Gasteiger charge is 2.22. The molecule has 2 aromatic heterocycles. The molecule has 0 bridgehead atoms. The van der Waals surface area contributed by atoms with Gasteiger partial charge in [0.1, 0.15) is 5.82 Å². The van der Waals surface area contributed by atoms with Crippen molar-refractivity contribution in [2.24, 2.45) is 7.05 Å². The van der Waals surface area contributed by atoms with E-state index in [4.69, 9.17) is 0 Å². The third-order valence-electron chi connectivity index (χ3n) is 4.32. The van der Waals surface area contributed by atoms with Crippen LogP contribution in [0.2, 0.25) is 0 Å². The van der Waals surface area contributed by atoms with E-state index < -0.39 is 10.0 Å². The second-order valence-electron chi connectivity index (χ2n) is 6.26. The molecule has 0 saturated carbocycles. The van der Waals surface area contributed by atoms with Gasteiger partial charge in [-0.1, -0.05) is 18.2 Å². The summed E-state index contributed by atoms with van der Waals surface area (Å²) in [6.07, 6.45) is 3.04. The summed E-state index contributed by atoms with van der Waals surface area (Å²) in [6, 6.07) is 9.93. The molecule has 3 N–H and O–H groups in total. The van der Waals surface area contributed by atoms with Gasteiger partial charge in [0.15, 0.2) is 0 Å². The summed E-state index contributed by atoms with van der Waals surface area (Å²) in [7, 11) is -1.27. The summed E-state index contributed by atoms with van der Waals surface area (Å²) >= 11 is 0. The van der Waals surface area contributed by atoms with Gasteiger partial charge in [0, 0.05) is 37.0 Å². The third kappa shape index (κ3) is 3.06. The predicted molar refractivity (Wildman–Crippen MR) is 97.4 cm³/mol. The Morgan fingerprint density at radius 1 is 1.32 bits per heavy atom. The largest absolute Gasteiger partial charge is 0.367 e. The van der Waals surface area contributed by atoms with E-state index in [1.807, 2.05) is 42.2 Å². The van der Waals surface area contributed by atoms with Crippen LogP contribution in [0.3, 0.4) is 0 Å². The predicted octanol–water partition coefficient (Wildman–Crippen LogP) is 2.06. The van der Waals surface area contributed by atoms with Crippen LogP contribution in [-0.2, 0) is 30.2 Å². The normalized spacial score (nSPS) is 13.2. The highest BCUT2D eigenvalue weighted by Crippen LogP contribution is 2.38. The van der Waals surface area contributed by atoms with Crippen LogP contribution >= 0.6 is 0 Å². The molecule has 4 rings (SSSR count). The molecule has 1 aromatic carbocycles. The molecule has 1 aliphatic rings. The lowest BCUT2D eigenvalue weighted by atomic mass is 10.0. The van der Waals surface area contributed by atoms with Crippen LogP contribution in [0.25, 0.3) is 22.5 Å². The second-order valence-corrected chi connectivity index (χ2v) is 8.09. The van der Waals surface area contributed by atoms with E-state index in [9.17, 15) is 8.42 Å². The summed E-state index contributed by atoms with van der Waals surface area (Å²) in [5, 5.41) is 7.72. The number of anilines is 1. The maximum atomic E-state index is 11.3. The van der Waals surface area contributed by atoms with Crippen LogP contribution in [0.4, 0.5) is 5.82 Å². The number of aromatic nitrogens is 3. The van der Waals surface area contributed by atoms with Gasteiger partial charge in [0.25, 0.3) is 0 Å². The Kier molecular flexibility index (Phi) is 3.66. The first-order chi connectivity index (χ1) is 11.9. The van der Waals surface area contributed by atoms with Crippen LogP contribution in [0, 0.1) is 0 Å². The lowest BCUT2D eigenvalue weighted by molar-refractivity contribution is 0.587. The summed E-state index contributed by atoms with van der Waals surface area (Å²) < 4.78 is 27.0. The van der Waals surface area contributed by atoms with Gasteiger partial charge in [-0.2, -0.15) is 5.10 Å². The number of nitrogens with zero attached hydrogens (tertiary/aromatic N) is 2. The molecule has 0 unspecified atom stereocenters. The van der Waals surface area contributed by atoms with Crippen molar-refractivity contribution in [2.45, 2.75) is 13.1 Å². The first-order valence-electron chi connectivity index (χ1n) is 7.93. The monoisotopic (exact) mass is 357 g/mol. The Morgan fingerprint density at radius 3 is 2.96 bits per heavy atom. The third-order valence-corrected chi connectivity index (χ3v) is 4.99. The standard InChI is InChI=1S/C17H19N5O2S/c1-22-16-13(10-19-22)9-18-17-14(16)7-15(21-17)12-5-3-4-11(6-12)8-20-25(2,23)24/h3-7,10,18,20-21H,8-9H2,1-2H3. The molecule has 7 nitrogen and oxygen atoms in total. The molecule has 0 saturated heterocycles. The minimum absolute atomic E-state index is 0.275. The van der Waals surface area contributed by atoms with Gasteiger partial charge in [0.05, 0.1) is 18.1 Å². The number of nitrogens with one attached hydrogen (secondary N) is 3. The molecule has 0 radical (unpaired) electrons. The lowest BCUT2D eigenvalue weighted by Crippen LogP contribution is -2.21. The zero-order chi connectivity index (χ0) is 17.6. The molecule has 1 aliphatic heterocycles. The highest BCUT2D eigenvalue weighted by atomic mass is 32.2. The summed E-state index contributed by atoms with van der Waals surface area (Å²) in [6.45, 7) is 1.02. The van der Waals surface area contributed by atoms with Crippen LogP contribution in [0.15, 0.2) is 36.5 Å². The van der Waals surface area contributed by atoms with E-state index in [-0.39, 0.29) is 6.54 Å². The number of H-pyrrole nitrogens is 1. The van der Waals surface area contributed by atoms with E-state index in [0.29, 0.717) is 0 Å². The topological polar surface area (TPSA) is 91.8 Å². The molecule has 0 aliphatic carbocycles. The van der Waals surface area contributed by atoms with Gasteiger partial charge >= 0.3 is 0 Å². The first kappa shape index (κ1) is 15.9. The van der Waals surface area contributed by atoms with Crippen molar-refractivity contribution in [3.8, 4) is 22.5 Å². The smallest absolute Gasteiger partial charge is 0.209 e. The minimum atomic E-state index is -3.21. The van der Waals surface area contributed by atoms with Gasteiger partial charge in [-0.3, -0.25) is 4.68 Å². The Balaban J connectivity index is 1.68. The van der Waals surface area contributed by atoms with Gasteiger partial charge in [-0.15, -0.1) is 0 Å². The summed E-state index contributed by atoms with van der Waals surface area (Å²) in [4.78, 5) is 3.42. The molecule has 130 valence electrons. The molecule has 8 heteroatoms. The number of benzene rings is 1. The van der Waals surface area contributed by atoms with Crippen LogP contribution in [0.1, 0.15) is 11.1 Å². The van der Waals surface area contributed by atoms with Crippen molar-refractivity contribution >= 4 is 15.8 Å². The number of fused-ring (bicyclic) bond motifs is 3. The number of rotatable bonds is 4. The van der Waals surface area contributed by atoms with Crippen LogP contribution in [0.5, 0.6) is 0 Å². The molecule has 3 heterocycles. The number of hydrogen-bond acceptors (Lipinski definition) is 4. The van der Waals surface area contributed by atoms with Gasteiger partial charge in [0.2, 0.25) is 10.0 Å². The van der Waals surface area contributed by atoms with Crippen molar-refractivity contribution in [3.05, 3.63) is 47.7 Å². The van der Waals surface area contributed by atoms with E-state index in [1.54, 1.807) is 0 Å². The molecular formula is C17H19N5O2S. The van der Waals surface area contributed by atoms with Crippen LogP contribution < -0.4 is 10.0 Å². The van der Waals surface area contributed by atoms with E-state index in [0.717, 1.165) is 46.7 Å². The van der Waals surface area contributed by atoms with Crippen molar-refractivity contribution in [3.63, 3.8) is 0 Å².